The van der Waals surface area contributed by atoms with Crippen LogP contribution in [0.2, 0.25) is 0 Å². The lowest BCUT2D eigenvalue weighted by Gasteiger charge is -2.42. The van der Waals surface area contributed by atoms with Gasteiger partial charge in [0, 0.05) is 25.0 Å². The molecule has 3 heteroatoms. The number of piperidine rings is 1. The van der Waals surface area contributed by atoms with Crippen LogP contribution in [0.25, 0.3) is 0 Å². The van der Waals surface area contributed by atoms with Crippen molar-refractivity contribution < 1.29 is 4.74 Å². The van der Waals surface area contributed by atoms with Crippen molar-refractivity contribution in [2.24, 2.45) is 5.92 Å². The number of nitrogens with zero attached hydrogens (tertiary/aromatic N) is 1. The van der Waals surface area contributed by atoms with Gasteiger partial charge in [-0.25, -0.2) is 0 Å². The largest absolute Gasteiger partial charge is 0.359 e. The molecule has 0 spiro atoms. The summed E-state index contributed by atoms with van der Waals surface area (Å²) in [5.74, 6) is 0.649. The minimum atomic E-state index is -0.0619. The van der Waals surface area contributed by atoms with Crippen LogP contribution in [0, 0.1) is 5.92 Å². The Hall–Kier alpha value is -0.120. The Kier molecular flexibility index (Phi) is 3.33. The molecular formula is C12H24N2O. The van der Waals surface area contributed by atoms with Gasteiger partial charge in [-0.3, -0.25) is 5.32 Å². The molecule has 2 heterocycles. The fourth-order valence-electron chi connectivity index (χ4n) is 2.80. The zero-order chi connectivity index (χ0) is 10.9. The molecule has 2 aliphatic heterocycles. The SMILES string of the molecule is CC(C)N1CCCC(C2(C)NCCO2)C1. The number of ether oxygens (including phenoxy) is 1. The van der Waals surface area contributed by atoms with Crippen molar-refractivity contribution in [1.82, 2.24) is 10.2 Å². The van der Waals surface area contributed by atoms with E-state index in [1.54, 1.807) is 0 Å². The molecule has 0 bridgehead atoms. The van der Waals surface area contributed by atoms with Gasteiger partial charge in [-0.15, -0.1) is 0 Å². The fraction of sp³-hybridized carbons (Fsp3) is 1.00. The van der Waals surface area contributed by atoms with E-state index in [1.807, 2.05) is 0 Å². The van der Waals surface area contributed by atoms with Crippen LogP contribution >= 0.6 is 0 Å². The minimum Gasteiger partial charge on any atom is -0.359 e. The smallest absolute Gasteiger partial charge is 0.120 e. The molecule has 0 radical (unpaired) electrons. The first-order valence-electron chi connectivity index (χ1n) is 6.25. The molecule has 3 nitrogen and oxygen atoms in total. The van der Waals surface area contributed by atoms with Gasteiger partial charge in [0.2, 0.25) is 0 Å². The number of hydrogen-bond donors (Lipinski definition) is 1. The molecular weight excluding hydrogens is 188 g/mol. The predicted octanol–water partition coefficient (Wildman–Crippen LogP) is 1.44. The Balaban J connectivity index is 1.97. The van der Waals surface area contributed by atoms with Crippen molar-refractivity contribution in [3.63, 3.8) is 0 Å². The molecule has 2 saturated heterocycles. The van der Waals surface area contributed by atoms with Gasteiger partial charge < -0.3 is 9.64 Å². The molecule has 2 atom stereocenters. The molecule has 0 amide bonds. The van der Waals surface area contributed by atoms with Crippen molar-refractivity contribution in [1.29, 1.82) is 0 Å². The Morgan fingerprint density at radius 3 is 2.87 bits per heavy atom. The average molecular weight is 212 g/mol. The maximum atomic E-state index is 5.87. The molecule has 2 fully saturated rings. The Labute approximate surface area is 93.2 Å². The van der Waals surface area contributed by atoms with Gasteiger partial charge in [-0.05, 0) is 40.2 Å². The molecule has 0 aromatic rings. The molecule has 2 rings (SSSR count). The molecule has 2 unspecified atom stereocenters. The van der Waals surface area contributed by atoms with Crippen molar-refractivity contribution >= 4 is 0 Å². The van der Waals surface area contributed by atoms with E-state index in [2.05, 4.69) is 31.0 Å². The van der Waals surface area contributed by atoms with Crippen LogP contribution in [-0.4, -0.2) is 42.9 Å². The van der Waals surface area contributed by atoms with E-state index < -0.39 is 0 Å². The van der Waals surface area contributed by atoms with E-state index in [-0.39, 0.29) is 5.72 Å². The van der Waals surface area contributed by atoms with Gasteiger partial charge in [0.1, 0.15) is 5.72 Å². The summed E-state index contributed by atoms with van der Waals surface area (Å²) >= 11 is 0. The quantitative estimate of drug-likeness (QED) is 0.749. The first-order chi connectivity index (χ1) is 7.12. The zero-order valence-electron chi connectivity index (χ0n) is 10.3. The van der Waals surface area contributed by atoms with E-state index in [0.29, 0.717) is 12.0 Å². The molecule has 0 saturated carbocycles. The van der Waals surface area contributed by atoms with Crippen LogP contribution < -0.4 is 5.32 Å². The third-order valence-electron chi connectivity index (χ3n) is 3.94. The van der Waals surface area contributed by atoms with Crippen molar-refractivity contribution in [2.45, 2.75) is 45.4 Å². The minimum absolute atomic E-state index is 0.0619. The molecule has 0 aromatic carbocycles. The Bertz CT molecular complexity index is 212. The molecule has 15 heavy (non-hydrogen) atoms. The van der Waals surface area contributed by atoms with Gasteiger partial charge in [0.15, 0.2) is 0 Å². The lowest BCUT2D eigenvalue weighted by Crippen LogP contribution is -2.53. The van der Waals surface area contributed by atoms with Crippen LogP contribution in [0.3, 0.4) is 0 Å². The second-order valence-corrected chi connectivity index (χ2v) is 5.31. The van der Waals surface area contributed by atoms with Crippen molar-refractivity contribution in [2.75, 3.05) is 26.2 Å². The summed E-state index contributed by atoms with van der Waals surface area (Å²) in [6, 6.07) is 0.665. The summed E-state index contributed by atoms with van der Waals surface area (Å²) in [5.41, 5.74) is -0.0619. The number of nitrogens with one attached hydrogen (secondary N) is 1. The van der Waals surface area contributed by atoms with E-state index in [9.17, 15) is 0 Å². The van der Waals surface area contributed by atoms with E-state index >= 15 is 0 Å². The van der Waals surface area contributed by atoms with Crippen molar-refractivity contribution in [3.05, 3.63) is 0 Å². The monoisotopic (exact) mass is 212 g/mol. The van der Waals surface area contributed by atoms with Gasteiger partial charge in [0.25, 0.3) is 0 Å². The van der Waals surface area contributed by atoms with E-state index in [1.165, 1.54) is 25.9 Å². The van der Waals surface area contributed by atoms with Crippen LogP contribution in [0.1, 0.15) is 33.6 Å². The summed E-state index contributed by atoms with van der Waals surface area (Å²) in [5, 5.41) is 3.51. The number of rotatable bonds is 2. The highest BCUT2D eigenvalue weighted by Crippen LogP contribution is 2.30. The highest BCUT2D eigenvalue weighted by molar-refractivity contribution is 4.90. The van der Waals surface area contributed by atoms with Crippen molar-refractivity contribution in [3.8, 4) is 0 Å². The normalized spacial score (nSPS) is 38.8. The summed E-state index contributed by atoms with van der Waals surface area (Å²) in [7, 11) is 0. The summed E-state index contributed by atoms with van der Waals surface area (Å²) < 4.78 is 5.87. The maximum Gasteiger partial charge on any atom is 0.120 e. The topological polar surface area (TPSA) is 24.5 Å². The molecule has 1 N–H and O–H groups in total. The van der Waals surface area contributed by atoms with Crippen LogP contribution in [0.4, 0.5) is 0 Å². The highest BCUT2D eigenvalue weighted by atomic mass is 16.5. The van der Waals surface area contributed by atoms with E-state index in [0.717, 1.165) is 13.2 Å². The maximum absolute atomic E-state index is 5.87. The van der Waals surface area contributed by atoms with Gasteiger partial charge in [-0.1, -0.05) is 0 Å². The van der Waals surface area contributed by atoms with Crippen LogP contribution in [-0.2, 0) is 4.74 Å². The van der Waals surface area contributed by atoms with Crippen LogP contribution in [0.15, 0.2) is 0 Å². The Morgan fingerprint density at radius 2 is 2.27 bits per heavy atom. The zero-order valence-corrected chi connectivity index (χ0v) is 10.3. The Morgan fingerprint density at radius 1 is 1.47 bits per heavy atom. The second kappa shape index (κ2) is 4.40. The standard InChI is InChI=1S/C12H24N2O/c1-10(2)14-7-4-5-11(9-14)12(3)13-6-8-15-12/h10-11,13H,4-9H2,1-3H3. The van der Waals surface area contributed by atoms with Gasteiger partial charge in [0.05, 0.1) is 6.61 Å². The molecule has 88 valence electrons. The highest BCUT2D eigenvalue weighted by Gasteiger charge is 2.40. The molecule has 0 aliphatic carbocycles. The number of likely N-dealkylation sites (tertiary alicyclic amines) is 1. The lowest BCUT2D eigenvalue weighted by atomic mass is 9.88. The number of hydrogen-bond acceptors (Lipinski definition) is 3. The third kappa shape index (κ3) is 2.35. The summed E-state index contributed by atoms with van der Waals surface area (Å²) in [4.78, 5) is 2.57. The van der Waals surface area contributed by atoms with Gasteiger partial charge in [-0.2, -0.15) is 0 Å². The van der Waals surface area contributed by atoms with Crippen LogP contribution in [0.5, 0.6) is 0 Å². The molecule has 0 aromatic heterocycles. The summed E-state index contributed by atoms with van der Waals surface area (Å²) in [6.45, 7) is 11.1. The third-order valence-corrected chi connectivity index (χ3v) is 3.94. The predicted molar refractivity (Wildman–Crippen MR) is 61.8 cm³/mol. The first-order valence-corrected chi connectivity index (χ1v) is 6.25. The first kappa shape index (κ1) is 11.4. The lowest BCUT2D eigenvalue weighted by molar-refractivity contribution is -0.0693. The molecule has 2 aliphatic rings. The average Bonchev–Trinajstić information content (AvgIpc) is 2.67. The van der Waals surface area contributed by atoms with E-state index in [4.69, 9.17) is 4.74 Å². The second-order valence-electron chi connectivity index (χ2n) is 5.31. The van der Waals surface area contributed by atoms with Gasteiger partial charge >= 0.3 is 0 Å². The summed E-state index contributed by atoms with van der Waals surface area (Å²) in [6.07, 6.45) is 2.61. The fourth-order valence-corrected chi connectivity index (χ4v) is 2.80.